The van der Waals surface area contributed by atoms with Crippen LogP contribution in [-0.4, -0.2) is 43.4 Å². The molecule has 4 nitrogen and oxygen atoms in total. The molecule has 1 aromatic carbocycles. The first-order valence-corrected chi connectivity index (χ1v) is 10.7. The monoisotopic (exact) mass is 383 g/mol. The van der Waals surface area contributed by atoms with E-state index in [1.54, 1.807) is 14.2 Å². The first-order valence-electron chi connectivity index (χ1n) is 10.7. The smallest absolute Gasteiger partial charge is 0.162 e. The second kappa shape index (κ2) is 7.47. The van der Waals surface area contributed by atoms with Gasteiger partial charge >= 0.3 is 0 Å². The van der Waals surface area contributed by atoms with Gasteiger partial charge < -0.3 is 14.6 Å². The third-order valence-electron chi connectivity index (χ3n) is 6.89. The van der Waals surface area contributed by atoms with Gasteiger partial charge in [-0.3, -0.25) is 4.90 Å². The lowest BCUT2D eigenvalue weighted by Crippen LogP contribution is -2.56. The summed E-state index contributed by atoms with van der Waals surface area (Å²) in [6.45, 7) is 6.31. The molecule has 4 heteroatoms. The van der Waals surface area contributed by atoms with Crippen molar-refractivity contribution in [2.24, 2.45) is 5.92 Å². The number of nitrogens with zero attached hydrogens (tertiary/aromatic N) is 1. The molecule has 1 saturated carbocycles. The van der Waals surface area contributed by atoms with Crippen LogP contribution < -0.4 is 4.74 Å². The first-order chi connectivity index (χ1) is 13.7. The van der Waals surface area contributed by atoms with Gasteiger partial charge in [0.25, 0.3) is 0 Å². The van der Waals surface area contributed by atoms with E-state index >= 15 is 0 Å². The minimum absolute atomic E-state index is 0.156. The molecule has 1 aromatic rings. The quantitative estimate of drug-likeness (QED) is 0.827. The topological polar surface area (TPSA) is 41.9 Å². The summed E-state index contributed by atoms with van der Waals surface area (Å²) in [6.07, 6.45) is 10.00. The predicted octanol–water partition coefficient (Wildman–Crippen LogP) is 4.57. The first kappa shape index (κ1) is 19.4. The van der Waals surface area contributed by atoms with Gasteiger partial charge in [-0.05, 0) is 61.4 Å². The lowest BCUT2D eigenvalue weighted by atomic mass is 9.57. The number of aromatic hydroxyl groups is 1. The number of phenols is 1. The van der Waals surface area contributed by atoms with Crippen molar-refractivity contribution in [3.8, 4) is 11.5 Å². The van der Waals surface area contributed by atoms with E-state index in [-0.39, 0.29) is 5.41 Å². The number of rotatable bonds is 4. The van der Waals surface area contributed by atoms with Gasteiger partial charge in [0.05, 0.1) is 20.0 Å². The Balaban J connectivity index is 0.000000932. The fourth-order valence-electron chi connectivity index (χ4n) is 5.43. The van der Waals surface area contributed by atoms with Crippen LogP contribution in [0.5, 0.6) is 11.5 Å². The minimum atomic E-state index is -0.156. The van der Waals surface area contributed by atoms with Gasteiger partial charge in [-0.15, -0.1) is 0 Å². The van der Waals surface area contributed by atoms with Crippen LogP contribution >= 0.6 is 0 Å². The predicted molar refractivity (Wildman–Crippen MR) is 112 cm³/mol. The lowest BCUT2D eigenvalue weighted by molar-refractivity contribution is 0.117. The van der Waals surface area contributed by atoms with Gasteiger partial charge in [0.1, 0.15) is 0 Å². The summed E-state index contributed by atoms with van der Waals surface area (Å²) in [7, 11) is 3.37. The van der Waals surface area contributed by atoms with Crippen LogP contribution in [0.25, 0.3) is 0 Å². The molecule has 1 aliphatic heterocycles. The third-order valence-corrected chi connectivity index (χ3v) is 6.89. The maximum absolute atomic E-state index is 11.0. The number of ether oxygens (including phenoxy) is 2. The number of benzene rings is 1. The second-order valence-corrected chi connectivity index (χ2v) is 8.28. The molecule has 0 amide bonds. The van der Waals surface area contributed by atoms with E-state index < -0.39 is 0 Å². The molecule has 2 fully saturated rings. The van der Waals surface area contributed by atoms with E-state index in [9.17, 15) is 5.11 Å². The van der Waals surface area contributed by atoms with Gasteiger partial charge in [-0.2, -0.15) is 0 Å². The largest absolute Gasteiger partial charge is 0.504 e. The molecule has 152 valence electrons. The molecule has 2 bridgehead atoms. The van der Waals surface area contributed by atoms with Crippen LogP contribution in [-0.2, 0) is 16.6 Å². The van der Waals surface area contributed by atoms with E-state index in [1.165, 1.54) is 30.5 Å². The van der Waals surface area contributed by atoms with Crippen LogP contribution in [0.3, 0.4) is 0 Å². The standard InChI is InChI=1S/C22H27NO3.C2H6/c1-25-16-6-7-17-18-11-15-5-8-19(26-2)21(24)20(15)22(17,12-16)9-10-23(18)13-14-3-4-14;1-2/h5-8,14,18,24H,3-4,9-13H2,1-2H3;1-2H3. The number of hydrogen-bond acceptors (Lipinski definition) is 4. The van der Waals surface area contributed by atoms with Crippen molar-refractivity contribution in [3.05, 3.63) is 46.7 Å². The molecule has 3 aliphatic carbocycles. The Morgan fingerprint density at radius 1 is 1.14 bits per heavy atom. The second-order valence-electron chi connectivity index (χ2n) is 8.28. The zero-order valence-corrected chi connectivity index (χ0v) is 17.6. The van der Waals surface area contributed by atoms with E-state index in [0.29, 0.717) is 17.5 Å². The molecular formula is C24H33NO3. The number of methoxy groups -OCH3 is 2. The van der Waals surface area contributed by atoms with Crippen LogP contribution in [0.15, 0.2) is 35.6 Å². The Morgan fingerprint density at radius 3 is 2.61 bits per heavy atom. The van der Waals surface area contributed by atoms with Gasteiger partial charge in [-0.1, -0.05) is 26.0 Å². The zero-order valence-electron chi connectivity index (χ0n) is 17.6. The summed E-state index contributed by atoms with van der Waals surface area (Å²) in [5.74, 6) is 2.79. The summed E-state index contributed by atoms with van der Waals surface area (Å²) >= 11 is 0. The molecule has 2 unspecified atom stereocenters. The molecule has 5 rings (SSSR count). The summed E-state index contributed by atoms with van der Waals surface area (Å²) in [4.78, 5) is 2.69. The van der Waals surface area contributed by atoms with E-state index in [0.717, 1.165) is 43.0 Å². The average molecular weight is 384 g/mol. The summed E-state index contributed by atoms with van der Waals surface area (Å²) in [5.41, 5.74) is 3.65. The highest BCUT2D eigenvalue weighted by Gasteiger charge is 2.53. The summed E-state index contributed by atoms with van der Waals surface area (Å²) in [5, 5.41) is 11.0. The van der Waals surface area contributed by atoms with Crippen molar-refractivity contribution >= 4 is 0 Å². The maximum atomic E-state index is 11.0. The Kier molecular flexibility index (Phi) is 5.17. The van der Waals surface area contributed by atoms with E-state index in [2.05, 4.69) is 23.1 Å². The Hall–Kier alpha value is -1.94. The van der Waals surface area contributed by atoms with Crippen LogP contribution in [0.2, 0.25) is 0 Å². The molecule has 4 aliphatic rings. The van der Waals surface area contributed by atoms with Gasteiger partial charge in [0, 0.05) is 30.0 Å². The third kappa shape index (κ3) is 2.93. The van der Waals surface area contributed by atoms with Crippen LogP contribution in [0.4, 0.5) is 0 Å². The van der Waals surface area contributed by atoms with Crippen molar-refractivity contribution in [2.45, 2.75) is 57.4 Å². The highest BCUT2D eigenvalue weighted by molar-refractivity contribution is 5.62. The normalized spacial score (nSPS) is 28.1. The SMILES string of the molecule is CC.COC1=CC=C2C3Cc4ccc(OC)c(O)c4C2(CCN3CC2CC2)C1. The number of phenolic OH excluding ortho intramolecular Hbond substituents is 1. The van der Waals surface area contributed by atoms with Crippen molar-refractivity contribution in [2.75, 3.05) is 27.3 Å². The maximum Gasteiger partial charge on any atom is 0.162 e. The molecule has 28 heavy (non-hydrogen) atoms. The van der Waals surface area contributed by atoms with Crippen molar-refractivity contribution in [1.82, 2.24) is 4.90 Å². The molecule has 0 radical (unpaired) electrons. The highest BCUT2D eigenvalue weighted by atomic mass is 16.5. The van der Waals surface area contributed by atoms with Crippen molar-refractivity contribution < 1.29 is 14.6 Å². The molecular weight excluding hydrogens is 350 g/mol. The van der Waals surface area contributed by atoms with Crippen molar-refractivity contribution in [3.63, 3.8) is 0 Å². The fourth-order valence-corrected chi connectivity index (χ4v) is 5.43. The van der Waals surface area contributed by atoms with Crippen LogP contribution in [0.1, 0.15) is 50.7 Å². The van der Waals surface area contributed by atoms with E-state index in [1.807, 2.05) is 19.9 Å². The minimum Gasteiger partial charge on any atom is -0.504 e. The van der Waals surface area contributed by atoms with Gasteiger partial charge in [0.15, 0.2) is 11.5 Å². The number of hydrogen-bond donors (Lipinski definition) is 1. The summed E-state index contributed by atoms with van der Waals surface area (Å²) in [6, 6.07) is 4.51. The van der Waals surface area contributed by atoms with Crippen molar-refractivity contribution in [1.29, 1.82) is 0 Å². The lowest BCUT2D eigenvalue weighted by Gasteiger charge is -2.54. The Labute approximate surface area is 168 Å². The fraction of sp³-hybridized carbons (Fsp3) is 0.583. The van der Waals surface area contributed by atoms with Gasteiger partial charge in [0.2, 0.25) is 0 Å². The average Bonchev–Trinajstić information content (AvgIpc) is 3.55. The molecule has 0 spiro atoms. The number of piperidine rings is 1. The number of allylic oxidation sites excluding steroid dienone is 3. The Morgan fingerprint density at radius 2 is 1.93 bits per heavy atom. The molecule has 1 saturated heterocycles. The summed E-state index contributed by atoms with van der Waals surface area (Å²) < 4.78 is 11.1. The Bertz CT molecular complexity index is 808. The van der Waals surface area contributed by atoms with E-state index in [4.69, 9.17) is 9.47 Å². The molecule has 1 heterocycles. The molecule has 1 N–H and O–H groups in total. The highest BCUT2D eigenvalue weighted by Crippen LogP contribution is 2.57. The molecule has 2 atom stereocenters. The van der Waals surface area contributed by atoms with Crippen LogP contribution in [0, 0.1) is 5.92 Å². The number of likely N-dealkylation sites (tertiary alicyclic amines) is 1. The van der Waals surface area contributed by atoms with Gasteiger partial charge in [-0.25, -0.2) is 0 Å². The zero-order chi connectivity index (χ0) is 19.9. The molecule has 0 aromatic heterocycles. The number of fused-ring (bicyclic) bond motifs is 1.